The van der Waals surface area contributed by atoms with Crippen molar-refractivity contribution in [3.05, 3.63) is 24.8 Å². The Balaban J connectivity index is 2.57. The summed E-state index contributed by atoms with van der Waals surface area (Å²) >= 11 is 0. The van der Waals surface area contributed by atoms with Crippen molar-refractivity contribution >= 4 is 0 Å². The van der Waals surface area contributed by atoms with E-state index in [-0.39, 0.29) is 18.6 Å². The third-order valence-electron chi connectivity index (χ3n) is 2.40. The Bertz CT molecular complexity index is 175. The first-order valence-electron chi connectivity index (χ1n) is 4.36. The predicted molar refractivity (Wildman–Crippen MR) is 48.6 cm³/mol. The molecule has 0 aromatic rings. The standard InChI is InChI=1S/C10H16O2/c1-2-3-8-4-5-10(12)6-9(8)7-11/h2,4-5,8-12H,1,3,6-7H2/t8-,9-,10-/m1/s1. The van der Waals surface area contributed by atoms with Gasteiger partial charge in [0.05, 0.1) is 6.10 Å². The number of aliphatic hydroxyl groups is 2. The Kier molecular flexibility index (Phi) is 3.50. The fourth-order valence-electron chi connectivity index (χ4n) is 1.67. The van der Waals surface area contributed by atoms with Gasteiger partial charge in [-0.3, -0.25) is 0 Å². The van der Waals surface area contributed by atoms with Crippen LogP contribution in [0.25, 0.3) is 0 Å². The number of allylic oxidation sites excluding steroid dienone is 2. The average Bonchev–Trinajstić information content (AvgIpc) is 2.08. The van der Waals surface area contributed by atoms with Crippen LogP contribution < -0.4 is 0 Å². The van der Waals surface area contributed by atoms with Crippen molar-refractivity contribution < 1.29 is 10.2 Å². The van der Waals surface area contributed by atoms with Crippen LogP contribution in [0.1, 0.15) is 12.8 Å². The van der Waals surface area contributed by atoms with E-state index in [1.807, 2.05) is 12.2 Å². The molecule has 1 aliphatic rings. The smallest absolute Gasteiger partial charge is 0.0724 e. The summed E-state index contributed by atoms with van der Waals surface area (Å²) in [5.74, 6) is 0.555. The lowest BCUT2D eigenvalue weighted by Gasteiger charge is -2.27. The largest absolute Gasteiger partial charge is 0.396 e. The first kappa shape index (κ1) is 9.49. The highest BCUT2D eigenvalue weighted by molar-refractivity contribution is 5.03. The Morgan fingerprint density at radius 2 is 2.25 bits per heavy atom. The number of hydrogen-bond donors (Lipinski definition) is 2. The van der Waals surface area contributed by atoms with E-state index < -0.39 is 0 Å². The van der Waals surface area contributed by atoms with Crippen LogP contribution in [-0.4, -0.2) is 22.9 Å². The van der Waals surface area contributed by atoms with Crippen LogP contribution in [0.5, 0.6) is 0 Å². The summed E-state index contributed by atoms with van der Waals surface area (Å²) < 4.78 is 0. The molecule has 0 amide bonds. The number of rotatable bonds is 3. The quantitative estimate of drug-likeness (QED) is 0.620. The van der Waals surface area contributed by atoms with E-state index in [4.69, 9.17) is 5.11 Å². The van der Waals surface area contributed by atoms with Crippen molar-refractivity contribution in [1.29, 1.82) is 0 Å². The minimum atomic E-state index is -0.372. The zero-order chi connectivity index (χ0) is 8.97. The number of aliphatic hydroxyl groups excluding tert-OH is 2. The molecule has 0 aliphatic heterocycles. The van der Waals surface area contributed by atoms with E-state index in [0.717, 1.165) is 6.42 Å². The third kappa shape index (κ3) is 2.19. The minimum Gasteiger partial charge on any atom is -0.396 e. The van der Waals surface area contributed by atoms with Crippen LogP contribution in [0.4, 0.5) is 0 Å². The fourth-order valence-corrected chi connectivity index (χ4v) is 1.67. The van der Waals surface area contributed by atoms with E-state index in [1.54, 1.807) is 6.08 Å². The molecule has 0 spiro atoms. The van der Waals surface area contributed by atoms with Gasteiger partial charge in [0, 0.05) is 6.61 Å². The molecule has 0 heterocycles. The second kappa shape index (κ2) is 4.43. The Morgan fingerprint density at radius 3 is 2.83 bits per heavy atom. The van der Waals surface area contributed by atoms with E-state index in [2.05, 4.69) is 6.58 Å². The highest BCUT2D eigenvalue weighted by Gasteiger charge is 2.23. The zero-order valence-corrected chi connectivity index (χ0v) is 7.19. The lowest BCUT2D eigenvalue weighted by atomic mass is 9.81. The molecule has 0 saturated heterocycles. The van der Waals surface area contributed by atoms with Gasteiger partial charge < -0.3 is 10.2 Å². The molecule has 1 rings (SSSR count). The maximum absolute atomic E-state index is 9.27. The summed E-state index contributed by atoms with van der Waals surface area (Å²) in [6.45, 7) is 3.82. The molecule has 68 valence electrons. The van der Waals surface area contributed by atoms with Gasteiger partial charge >= 0.3 is 0 Å². The molecular formula is C10H16O2. The van der Waals surface area contributed by atoms with Crippen LogP contribution in [-0.2, 0) is 0 Å². The molecule has 0 unspecified atom stereocenters. The summed E-state index contributed by atoms with van der Waals surface area (Å²) in [6, 6.07) is 0. The SMILES string of the molecule is C=CC[C@@H]1C=C[C@@H](O)C[C@@H]1CO. The van der Waals surface area contributed by atoms with Gasteiger partial charge in [0.25, 0.3) is 0 Å². The van der Waals surface area contributed by atoms with Gasteiger partial charge in [-0.1, -0.05) is 18.2 Å². The van der Waals surface area contributed by atoms with E-state index in [9.17, 15) is 5.11 Å². The van der Waals surface area contributed by atoms with Gasteiger partial charge in [0.2, 0.25) is 0 Å². The lowest BCUT2D eigenvalue weighted by molar-refractivity contribution is 0.114. The molecule has 1 aliphatic carbocycles. The Morgan fingerprint density at radius 1 is 1.50 bits per heavy atom. The van der Waals surface area contributed by atoms with Crippen LogP contribution in [0.3, 0.4) is 0 Å². The molecule has 2 nitrogen and oxygen atoms in total. The lowest BCUT2D eigenvalue weighted by Crippen LogP contribution is -2.25. The second-order valence-electron chi connectivity index (χ2n) is 3.32. The first-order chi connectivity index (χ1) is 5.77. The van der Waals surface area contributed by atoms with Crippen molar-refractivity contribution in [1.82, 2.24) is 0 Å². The predicted octanol–water partition coefficient (Wildman–Crippen LogP) is 1.11. The maximum atomic E-state index is 9.27. The molecule has 2 heteroatoms. The Labute approximate surface area is 73.2 Å². The first-order valence-corrected chi connectivity index (χ1v) is 4.36. The highest BCUT2D eigenvalue weighted by Crippen LogP contribution is 2.27. The van der Waals surface area contributed by atoms with E-state index in [1.165, 1.54) is 0 Å². The van der Waals surface area contributed by atoms with Crippen LogP contribution in [0, 0.1) is 11.8 Å². The molecule has 0 fully saturated rings. The molecule has 0 radical (unpaired) electrons. The normalized spacial score (nSPS) is 35.0. The maximum Gasteiger partial charge on any atom is 0.0724 e. The van der Waals surface area contributed by atoms with E-state index >= 15 is 0 Å². The van der Waals surface area contributed by atoms with Crippen molar-refractivity contribution in [2.24, 2.45) is 11.8 Å². The van der Waals surface area contributed by atoms with Gasteiger partial charge in [-0.2, -0.15) is 0 Å². The second-order valence-corrected chi connectivity index (χ2v) is 3.32. The van der Waals surface area contributed by atoms with Gasteiger partial charge in [0.1, 0.15) is 0 Å². The monoisotopic (exact) mass is 168 g/mol. The van der Waals surface area contributed by atoms with Crippen molar-refractivity contribution in [3.8, 4) is 0 Å². The zero-order valence-electron chi connectivity index (χ0n) is 7.19. The van der Waals surface area contributed by atoms with Crippen molar-refractivity contribution in [2.75, 3.05) is 6.61 Å². The Hall–Kier alpha value is -0.600. The van der Waals surface area contributed by atoms with Crippen LogP contribution in [0.2, 0.25) is 0 Å². The summed E-state index contributed by atoms with van der Waals surface area (Å²) in [5.41, 5.74) is 0. The van der Waals surface area contributed by atoms with Gasteiger partial charge in [-0.25, -0.2) is 0 Å². The van der Waals surface area contributed by atoms with Crippen LogP contribution in [0.15, 0.2) is 24.8 Å². The molecule has 2 N–H and O–H groups in total. The molecule has 0 aromatic heterocycles. The summed E-state index contributed by atoms with van der Waals surface area (Å²) in [6.07, 6.45) is 6.83. The van der Waals surface area contributed by atoms with Gasteiger partial charge in [0.15, 0.2) is 0 Å². The summed E-state index contributed by atoms with van der Waals surface area (Å²) in [7, 11) is 0. The number of hydrogen-bond acceptors (Lipinski definition) is 2. The van der Waals surface area contributed by atoms with Crippen molar-refractivity contribution in [3.63, 3.8) is 0 Å². The van der Waals surface area contributed by atoms with Crippen LogP contribution >= 0.6 is 0 Å². The third-order valence-corrected chi connectivity index (χ3v) is 2.40. The molecule has 12 heavy (non-hydrogen) atoms. The highest BCUT2D eigenvalue weighted by atomic mass is 16.3. The van der Waals surface area contributed by atoms with Crippen molar-refractivity contribution in [2.45, 2.75) is 18.9 Å². The molecule has 0 saturated carbocycles. The van der Waals surface area contributed by atoms with Gasteiger partial charge in [-0.05, 0) is 24.7 Å². The molecule has 0 aromatic carbocycles. The molecular weight excluding hydrogens is 152 g/mol. The average molecular weight is 168 g/mol. The summed E-state index contributed by atoms with van der Waals surface area (Å²) in [4.78, 5) is 0. The minimum absolute atomic E-state index is 0.153. The van der Waals surface area contributed by atoms with Gasteiger partial charge in [-0.15, -0.1) is 6.58 Å². The topological polar surface area (TPSA) is 40.5 Å². The fraction of sp³-hybridized carbons (Fsp3) is 0.600. The van der Waals surface area contributed by atoms with E-state index in [0.29, 0.717) is 12.3 Å². The molecule has 0 bridgehead atoms. The molecule has 3 atom stereocenters. The summed E-state index contributed by atoms with van der Waals surface area (Å²) in [5, 5.41) is 18.3.